The molecule has 2 N–H and O–H groups in total. The summed E-state index contributed by atoms with van der Waals surface area (Å²) < 4.78 is 1.88. The van der Waals surface area contributed by atoms with Crippen molar-refractivity contribution in [2.75, 3.05) is 10.6 Å². The molecule has 0 bridgehead atoms. The number of aryl methyl sites for hydroxylation is 1. The van der Waals surface area contributed by atoms with Gasteiger partial charge in [-0.25, -0.2) is 0 Å². The van der Waals surface area contributed by atoms with E-state index in [-0.39, 0.29) is 11.9 Å². The Morgan fingerprint density at radius 3 is 2.43 bits per heavy atom. The molecule has 0 fully saturated rings. The number of hydrogen-bond acceptors (Lipinski definition) is 2. The van der Waals surface area contributed by atoms with Gasteiger partial charge in [0.1, 0.15) is 6.04 Å². The van der Waals surface area contributed by atoms with Gasteiger partial charge in [0.2, 0.25) is 5.91 Å². The molecule has 3 nitrogen and oxygen atoms in total. The Labute approximate surface area is 141 Å². The highest BCUT2D eigenvalue weighted by molar-refractivity contribution is 9.11. The molecule has 1 amide bonds. The van der Waals surface area contributed by atoms with E-state index in [1.165, 1.54) is 0 Å². The maximum absolute atomic E-state index is 12.2. The molecule has 0 heterocycles. The molecule has 2 aromatic carbocycles. The number of anilines is 2. The molecule has 0 aliphatic heterocycles. The zero-order valence-corrected chi connectivity index (χ0v) is 15.0. The number of nitrogens with one attached hydrogen (secondary N) is 2. The van der Waals surface area contributed by atoms with Gasteiger partial charge in [-0.3, -0.25) is 4.79 Å². The van der Waals surface area contributed by atoms with Crippen LogP contribution in [0, 0.1) is 6.92 Å². The van der Waals surface area contributed by atoms with Crippen molar-refractivity contribution in [1.82, 2.24) is 0 Å². The Morgan fingerprint density at radius 2 is 1.76 bits per heavy atom. The number of hydrogen-bond donors (Lipinski definition) is 2. The Hall–Kier alpha value is -1.33. The van der Waals surface area contributed by atoms with E-state index < -0.39 is 0 Å². The van der Waals surface area contributed by atoms with Crippen LogP contribution in [0.25, 0.3) is 0 Å². The lowest BCUT2D eigenvalue weighted by molar-refractivity contribution is -0.116. The number of benzene rings is 2. The summed E-state index contributed by atoms with van der Waals surface area (Å²) in [4.78, 5) is 12.2. The third-order valence-corrected chi connectivity index (χ3v) is 4.20. The topological polar surface area (TPSA) is 41.1 Å². The van der Waals surface area contributed by atoms with Crippen molar-refractivity contribution >= 4 is 49.1 Å². The van der Waals surface area contributed by atoms with E-state index in [0.29, 0.717) is 0 Å². The van der Waals surface area contributed by atoms with Crippen LogP contribution in [0.1, 0.15) is 12.5 Å². The molecule has 0 saturated carbocycles. The van der Waals surface area contributed by atoms with Gasteiger partial charge in [-0.05, 0) is 60.1 Å². The molecule has 2 aromatic rings. The first-order valence-corrected chi connectivity index (χ1v) is 8.13. The van der Waals surface area contributed by atoms with E-state index in [4.69, 9.17) is 0 Å². The van der Waals surface area contributed by atoms with Crippen LogP contribution < -0.4 is 10.6 Å². The molecule has 5 heteroatoms. The fourth-order valence-corrected chi connectivity index (χ4v) is 2.52. The highest BCUT2D eigenvalue weighted by Crippen LogP contribution is 2.26. The van der Waals surface area contributed by atoms with Crippen LogP contribution in [-0.2, 0) is 4.79 Å². The van der Waals surface area contributed by atoms with E-state index in [1.54, 1.807) is 0 Å². The van der Waals surface area contributed by atoms with Crippen LogP contribution in [0.2, 0.25) is 0 Å². The van der Waals surface area contributed by atoms with Gasteiger partial charge in [0.15, 0.2) is 0 Å². The van der Waals surface area contributed by atoms with Crippen molar-refractivity contribution in [2.24, 2.45) is 0 Å². The lowest BCUT2D eigenvalue weighted by Gasteiger charge is -2.16. The predicted octanol–water partition coefficient (Wildman–Crippen LogP) is 4.96. The number of carbonyl (C=O) groups excluding carboxylic acids is 1. The highest BCUT2D eigenvalue weighted by atomic mass is 79.9. The third-order valence-electron chi connectivity index (χ3n) is 3.01. The summed E-state index contributed by atoms with van der Waals surface area (Å²) >= 11 is 6.89. The number of rotatable bonds is 4. The van der Waals surface area contributed by atoms with Crippen molar-refractivity contribution < 1.29 is 4.79 Å². The minimum Gasteiger partial charge on any atom is -0.373 e. The Bertz CT molecular complexity index is 641. The van der Waals surface area contributed by atoms with Crippen LogP contribution in [0.4, 0.5) is 11.4 Å². The van der Waals surface area contributed by atoms with E-state index in [0.717, 1.165) is 25.9 Å². The Morgan fingerprint density at radius 1 is 1.10 bits per heavy atom. The second-order valence-electron chi connectivity index (χ2n) is 4.85. The summed E-state index contributed by atoms with van der Waals surface area (Å²) in [5, 5.41) is 6.09. The largest absolute Gasteiger partial charge is 0.373 e. The molecular formula is C16H16Br2N2O. The maximum atomic E-state index is 12.2. The summed E-state index contributed by atoms with van der Waals surface area (Å²) in [6.45, 7) is 3.84. The molecule has 0 aliphatic rings. The monoisotopic (exact) mass is 410 g/mol. The van der Waals surface area contributed by atoms with Gasteiger partial charge in [-0.1, -0.05) is 33.6 Å². The van der Waals surface area contributed by atoms with Crippen molar-refractivity contribution in [3.05, 3.63) is 57.0 Å². The summed E-state index contributed by atoms with van der Waals surface area (Å²) in [6, 6.07) is 13.2. The first-order valence-electron chi connectivity index (χ1n) is 6.55. The van der Waals surface area contributed by atoms with Gasteiger partial charge in [0, 0.05) is 14.6 Å². The fraction of sp³-hybridized carbons (Fsp3) is 0.188. The van der Waals surface area contributed by atoms with E-state index in [1.807, 2.05) is 56.3 Å². The first-order chi connectivity index (χ1) is 9.95. The van der Waals surface area contributed by atoms with E-state index in [2.05, 4.69) is 42.5 Å². The lowest BCUT2D eigenvalue weighted by atomic mass is 10.2. The standard InChI is InChI=1S/C16H16Br2N2O/c1-10-3-6-13(7-4-10)20-16(21)11(2)19-15-9-12(17)5-8-14(15)18/h3-9,11,19H,1-2H3,(H,20,21). The van der Waals surface area contributed by atoms with Gasteiger partial charge in [-0.2, -0.15) is 0 Å². The van der Waals surface area contributed by atoms with Gasteiger partial charge < -0.3 is 10.6 Å². The Balaban J connectivity index is 2.02. The van der Waals surface area contributed by atoms with Gasteiger partial charge in [-0.15, -0.1) is 0 Å². The molecule has 1 atom stereocenters. The summed E-state index contributed by atoms with van der Waals surface area (Å²) in [5.74, 6) is -0.0780. The third kappa shape index (κ3) is 4.58. The van der Waals surface area contributed by atoms with E-state index >= 15 is 0 Å². The summed E-state index contributed by atoms with van der Waals surface area (Å²) in [6.07, 6.45) is 0. The van der Waals surface area contributed by atoms with Crippen molar-refractivity contribution in [3.8, 4) is 0 Å². The smallest absolute Gasteiger partial charge is 0.246 e. The van der Waals surface area contributed by atoms with Crippen LogP contribution >= 0.6 is 31.9 Å². The summed E-state index contributed by atoms with van der Waals surface area (Å²) in [7, 11) is 0. The zero-order chi connectivity index (χ0) is 15.4. The molecule has 0 saturated heterocycles. The molecule has 0 spiro atoms. The average molecular weight is 412 g/mol. The second kappa shape index (κ2) is 7.09. The molecule has 21 heavy (non-hydrogen) atoms. The molecule has 2 rings (SSSR count). The maximum Gasteiger partial charge on any atom is 0.246 e. The predicted molar refractivity (Wildman–Crippen MR) is 94.7 cm³/mol. The van der Waals surface area contributed by atoms with Crippen LogP contribution in [0.3, 0.4) is 0 Å². The average Bonchev–Trinajstić information content (AvgIpc) is 2.45. The molecule has 1 unspecified atom stereocenters. The van der Waals surface area contributed by atoms with Crippen molar-refractivity contribution in [1.29, 1.82) is 0 Å². The Kier molecular flexibility index (Phi) is 5.42. The van der Waals surface area contributed by atoms with Crippen LogP contribution in [-0.4, -0.2) is 11.9 Å². The van der Waals surface area contributed by atoms with Crippen LogP contribution in [0.5, 0.6) is 0 Å². The lowest BCUT2D eigenvalue weighted by Crippen LogP contribution is -2.32. The van der Waals surface area contributed by atoms with Crippen LogP contribution in [0.15, 0.2) is 51.4 Å². The van der Waals surface area contributed by atoms with Gasteiger partial charge >= 0.3 is 0 Å². The van der Waals surface area contributed by atoms with Gasteiger partial charge in [0.05, 0.1) is 5.69 Å². The minimum atomic E-state index is -0.350. The number of carbonyl (C=O) groups is 1. The van der Waals surface area contributed by atoms with Crippen molar-refractivity contribution in [2.45, 2.75) is 19.9 Å². The molecule has 0 aromatic heterocycles. The van der Waals surface area contributed by atoms with E-state index in [9.17, 15) is 4.79 Å². The molecule has 110 valence electrons. The quantitative estimate of drug-likeness (QED) is 0.746. The number of amides is 1. The molecule has 0 aliphatic carbocycles. The van der Waals surface area contributed by atoms with Crippen molar-refractivity contribution in [3.63, 3.8) is 0 Å². The highest BCUT2D eigenvalue weighted by Gasteiger charge is 2.14. The zero-order valence-electron chi connectivity index (χ0n) is 11.8. The normalized spacial score (nSPS) is 11.8. The first kappa shape index (κ1) is 16.0. The molecular weight excluding hydrogens is 396 g/mol. The van der Waals surface area contributed by atoms with Gasteiger partial charge in [0.25, 0.3) is 0 Å². The SMILES string of the molecule is Cc1ccc(NC(=O)C(C)Nc2cc(Br)ccc2Br)cc1. The summed E-state index contributed by atoms with van der Waals surface area (Å²) in [5.41, 5.74) is 2.83. The number of halogens is 2. The minimum absolute atomic E-state index is 0.0780. The second-order valence-corrected chi connectivity index (χ2v) is 6.62. The molecule has 0 radical (unpaired) electrons. The fourth-order valence-electron chi connectivity index (χ4n) is 1.79.